The molecule has 1 saturated heterocycles. The minimum Gasteiger partial charge on any atom is -0.374 e. The molecule has 1 fully saturated rings. The number of halogens is 1. The maximum Gasteiger partial charge on any atom is 0.276 e. The molecule has 3 N–H and O–H groups in total. The van der Waals surface area contributed by atoms with Gasteiger partial charge in [0.2, 0.25) is 11.5 Å². The maximum absolute atomic E-state index is 14.4. The van der Waals surface area contributed by atoms with Gasteiger partial charge in [0.15, 0.2) is 10.8 Å². The maximum atomic E-state index is 14.4. The number of benzene rings is 6. The van der Waals surface area contributed by atoms with Crippen molar-refractivity contribution in [2.75, 3.05) is 11.2 Å². The lowest BCUT2D eigenvalue weighted by molar-refractivity contribution is -0.134. The zero-order chi connectivity index (χ0) is 39.1. The van der Waals surface area contributed by atoms with E-state index < -0.39 is 29.1 Å². The zero-order valence-corrected chi connectivity index (χ0v) is 32.2. The van der Waals surface area contributed by atoms with Crippen LogP contribution in [0.2, 0.25) is 0 Å². The van der Waals surface area contributed by atoms with Gasteiger partial charge in [0, 0.05) is 28.0 Å². The van der Waals surface area contributed by atoms with Crippen LogP contribution in [0.15, 0.2) is 193 Å². The van der Waals surface area contributed by atoms with Crippen molar-refractivity contribution in [1.29, 1.82) is 0 Å². The summed E-state index contributed by atoms with van der Waals surface area (Å²) in [7, 11) is 0. The van der Waals surface area contributed by atoms with Crippen LogP contribution < -0.4 is 16.0 Å². The molecule has 0 aliphatic carbocycles. The Bertz CT molecular complexity index is 2260. The van der Waals surface area contributed by atoms with Crippen molar-refractivity contribution in [1.82, 2.24) is 15.6 Å². The minimum atomic E-state index is -1.28. The number of rotatable bonds is 14. The van der Waals surface area contributed by atoms with Crippen molar-refractivity contribution in [2.24, 2.45) is 5.16 Å². The summed E-state index contributed by atoms with van der Waals surface area (Å²) in [5.74, 6) is -0.838. The van der Waals surface area contributed by atoms with Crippen molar-refractivity contribution in [3.8, 4) is 0 Å². The van der Waals surface area contributed by atoms with Gasteiger partial charge >= 0.3 is 0 Å². The molecule has 1 aromatic heterocycles. The summed E-state index contributed by atoms with van der Waals surface area (Å²) in [6.45, 7) is 0. The second-order valence-corrected chi connectivity index (χ2v) is 14.7. The molecule has 0 bridgehead atoms. The fourth-order valence-electron chi connectivity index (χ4n) is 7.32. The molecule has 2 atom stereocenters. The minimum absolute atomic E-state index is 0.107. The first-order chi connectivity index (χ1) is 28.0. The Hall–Kier alpha value is -6.55. The Balaban J connectivity index is 1.27. The van der Waals surface area contributed by atoms with E-state index in [-0.39, 0.29) is 23.2 Å². The molecule has 8 nitrogen and oxygen atoms in total. The van der Waals surface area contributed by atoms with Gasteiger partial charge in [-0.25, -0.2) is 4.98 Å². The van der Waals surface area contributed by atoms with E-state index in [0.717, 1.165) is 33.4 Å². The summed E-state index contributed by atoms with van der Waals surface area (Å²) in [5.41, 5.74) is 3.39. The second-order valence-electron chi connectivity index (χ2n) is 13.5. The lowest BCUT2D eigenvalue weighted by Crippen LogP contribution is -2.70. The quantitative estimate of drug-likeness (QED) is 0.0338. The Morgan fingerprint density at radius 2 is 1.07 bits per heavy atom. The number of oxime groups is 1. The lowest BCUT2D eigenvalue weighted by Gasteiger charge is -2.36. The molecular weight excluding hydrogens is 750 g/mol. The average Bonchev–Trinajstić information content (AvgIpc) is 3.75. The summed E-state index contributed by atoms with van der Waals surface area (Å²) in [6.07, 6.45) is 0. The van der Waals surface area contributed by atoms with Gasteiger partial charge in [0.05, 0.1) is 6.04 Å². The predicted octanol–water partition coefficient (Wildman–Crippen LogP) is 8.48. The number of amides is 2. The van der Waals surface area contributed by atoms with E-state index in [4.69, 9.17) is 26.6 Å². The molecule has 0 radical (unpaired) electrons. The number of aromatic nitrogens is 1. The highest BCUT2D eigenvalue weighted by Gasteiger charge is 2.43. The van der Waals surface area contributed by atoms with E-state index in [1.54, 1.807) is 5.38 Å². The number of anilines is 1. The van der Waals surface area contributed by atoms with Gasteiger partial charge in [-0.3, -0.25) is 9.59 Å². The van der Waals surface area contributed by atoms with Gasteiger partial charge in [-0.05, 0) is 16.7 Å². The van der Waals surface area contributed by atoms with Gasteiger partial charge in [-0.15, -0.1) is 22.9 Å². The van der Waals surface area contributed by atoms with Crippen LogP contribution in [-0.2, 0) is 25.6 Å². The van der Waals surface area contributed by atoms with Crippen molar-refractivity contribution >= 4 is 45.6 Å². The highest BCUT2D eigenvalue weighted by atomic mass is 35.5. The number of β-lactam (4-membered cyclic amide) rings is 1. The van der Waals surface area contributed by atoms with Crippen molar-refractivity contribution in [3.63, 3.8) is 0 Å². The summed E-state index contributed by atoms with van der Waals surface area (Å²) in [6, 6.07) is 58.6. The number of thiazole rings is 1. The number of nitrogens with one attached hydrogen (secondary N) is 3. The predicted molar refractivity (Wildman–Crippen MR) is 226 cm³/mol. The standard InChI is InChI=1S/C47H38ClN5O3S/c48-31-39-41(43(54)49-39)51-44(55)42(53-56-47(36-25-13-4-14-26-36,37-27-15-5-16-28-37)38-29-17-6-18-30-38)40-32-57-45(50-40)52-46(33-19-7-1-8-20-33,34-21-9-2-10-22-34)35-23-11-3-12-24-35/h1-30,32,39,41H,31H2,(H,49,54)(H,50,52)(H,51,55). The molecule has 57 heavy (non-hydrogen) atoms. The molecule has 10 heteroatoms. The third-order valence-corrected chi connectivity index (χ3v) is 11.2. The smallest absolute Gasteiger partial charge is 0.276 e. The second kappa shape index (κ2) is 16.7. The number of nitrogens with zero attached hydrogens (tertiary/aromatic N) is 2. The highest BCUT2D eigenvalue weighted by molar-refractivity contribution is 7.14. The van der Waals surface area contributed by atoms with Gasteiger partial charge in [0.1, 0.15) is 17.3 Å². The van der Waals surface area contributed by atoms with Crippen molar-refractivity contribution in [3.05, 3.63) is 226 Å². The van der Waals surface area contributed by atoms with Gasteiger partial charge in [0.25, 0.3) is 5.91 Å². The molecule has 7 aromatic rings. The Kier molecular flexibility index (Phi) is 10.9. The molecule has 2 amide bonds. The summed E-state index contributed by atoms with van der Waals surface area (Å²) in [4.78, 5) is 38.9. The summed E-state index contributed by atoms with van der Waals surface area (Å²) < 4.78 is 0. The highest BCUT2D eigenvalue weighted by Crippen LogP contribution is 2.42. The number of carbonyl (C=O) groups is 2. The normalized spacial score (nSPS) is 15.5. The molecule has 282 valence electrons. The summed E-state index contributed by atoms with van der Waals surface area (Å²) in [5, 5.41) is 16.4. The van der Waals surface area contributed by atoms with E-state index >= 15 is 0 Å². The topological polar surface area (TPSA) is 105 Å². The Morgan fingerprint density at radius 1 is 0.667 bits per heavy atom. The number of alkyl halides is 1. The van der Waals surface area contributed by atoms with Crippen LogP contribution in [0.5, 0.6) is 0 Å². The Morgan fingerprint density at radius 3 is 1.46 bits per heavy atom. The van der Waals surface area contributed by atoms with Crippen LogP contribution in [0.25, 0.3) is 0 Å². The van der Waals surface area contributed by atoms with E-state index in [1.807, 2.05) is 146 Å². The van der Waals surface area contributed by atoms with Crippen molar-refractivity contribution < 1.29 is 14.4 Å². The third kappa shape index (κ3) is 7.31. The molecule has 2 unspecified atom stereocenters. The molecule has 0 saturated carbocycles. The first-order valence-corrected chi connectivity index (χ1v) is 19.9. The molecule has 1 aliphatic heterocycles. The number of carbonyl (C=O) groups excluding carboxylic acids is 2. The third-order valence-electron chi connectivity index (χ3n) is 10.2. The fraction of sp³-hybridized carbons (Fsp3) is 0.106. The first kappa shape index (κ1) is 37.4. The van der Waals surface area contributed by atoms with Crippen molar-refractivity contribution in [2.45, 2.75) is 23.2 Å². The average molecular weight is 788 g/mol. The van der Waals surface area contributed by atoms with Crippen LogP contribution in [-0.4, -0.2) is 40.5 Å². The number of hydrogen-bond acceptors (Lipinski definition) is 7. The van der Waals surface area contributed by atoms with E-state index in [1.165, 1.54) is 11.3 Å². The lowest BCUT2D eigenvalue weighted by atomic mass is 9.77. The molecular formula is C47H38ClN5O3S. The van der Waals surface area contributed by atoms with E-state index in [9.17, 15) is 9.59 Å². The molecule has 0 spiro atoms. The van der Waals surface area contributed by atoms with Gasteiger partial charge in [-0.1, -0.05) is 187 Å². The van der Waals surface area contributed by atoms with Crippen LogP contribution in [0.3, 0.4) is 0 Å². The van der Waals surface area contributed by atoms with Crippen LogP contribution in [0.1, 0.15) is 39.1 Å². The molecule has 6 aromatic carbocycles. The van der Waals surface area contributed by atoms with E-state index in [2.05, 4.69) is 52.3 Å². The SMILES string of the molecule is O=C(NC1C(=O)NC1CCl)C(=NOC(c1ccccc1)(c1ccccc1)c1ccccc1)c1csc(NC(c2ccccc2)(c2ccccc2)c2ccccc2)n1. The van der Waals surface area contributed by atoms with Gasteiger partial charge in [-0.2, -0.15) is 0 Å². The zero-order valence-electron chi connectivity index (χ0n) is 30.7. The van der Waals surface area contributed by atoms with Crippen LogP contribution in [0, 0.1) is 0 Å². The Labute approximate surface area is 340 Å². The van der Waals surface area contributed by atoms with Gasteiger partial charge < -0.3 is 20.8 Å². The van der Waals surface area contributed by atoms with E-state index in [0.29, 0.717) is 5.13 Å². The van der Waals surface area contributed by atoms with Crippen LogP contribution >= 0.6 is 22.9 Å². The molecule has 2 heterocycles. The first-order valence-electron chi connectivity index (χ1n) is 18.5. The summed E-state index contributed by atoms with van der Waals surface area (Å²) >= 11 is 7.48. The fourth-order valence-corrected chi connectivity index (χ4v) is 8.33. The molecule has 8 rings (SSSR count). The largest absolute Gasteiger partial charge is 0.374 e. The van der Waals surface area contributed by atoms with Crippen LogP contribution in [0.4, 0.5) is 5.13 Å². The molecule has 1 aliphatic rings. The monoisotopic (exact) mass is 787 g/mol. The number of hydrogen-bond donors (Lipinski definition) is 3.